The van der Waals surface area contributed by atoms with Crippen LogP contribution in [0.25, 0.3) is 22.1 Å². The van der Waals surface area contributed by atoms with Gasteiger partial charge in [0.25, 0.3) is 0 Å². The molecule has 3 saturated carbocycles. The standard InChI is InChI=1S/C29H32N10O4/c1-15-12-29(15,25(31)40)39-24-18(23(36-39)28(14-30)8-9-28)6-7-21(35-24)34-22-11-19-20(13-32-22)37(2)27(42)38(19)17-5-4-16(10-17)33-26(41)43-3/h6-7,11,13,15-17H,4-5,8-10,12H2,1-3H3,(H2,31,40)(H,33,41)(H,32,34,35)/t15-,16+,17+,29-/m0/s1/i2D3,3D3. The van der Waals surface area contributed by atoms with Crippen LogP contribution in [0.15, 0.2) is 29.2 Å². The molecular weight excluding hydrogens is 552 g/mol. The van der Waals surface area contributed by atoms with Crippen molar-refractivity contribution in [1.82, 2.24) is 34.2 Å². The summed E-state index contributed by atoms with van der Waals surface area (Å²) >= 11 is 0. The molecule has 0 spiro atoms. The van der Waals surface area contributed by atoms with Crippen molar-refractivity contribution in [3.05, 3.63) is 40.6 Å². The number of nitriles is 1. The quantitative estimate of drug-likeness (QED) is 0.290. The third-order valence-electron chi connectivity index (χ3n) is 9.23. The molecule has 3 fully saturated rings. The van der Waals surface area contributed by atoms with Gasteiger partial charge < -0.3 is 21.1 Å². The van der Waals surface area contributed by atoms with Gasteiger partial charge in [0.05, 0.1) is 40.1 Å². The highest BCUT2D eigenvalue weighted by atomic mass is 16.5. The lowest BCUT2D eigenvalue weighted by Crippen LogP contribution is -2.37. The van der Waals surface area contributed by atoms with Crippen molar-refractivity contribution in [2.75, 3.05) is 12.4 Å². The lowest BCUT2D eigenvalue weighted by molar-refractivity contribution is -0.123. The minimum Gasteiger partial charge on any atom is -0.453 e. The summed E-state index contributed by atoms with van der Waals surface area (Å²) < 4.78 is 53.5. The number of imidazole rings is 1. The van der Waals surface area contributed by atoms with Crippen LogP contribution in [0.4, 0.5) is 16.4 Å². The number of hydrogen-bond acceptors (Lipinski definition) is 9. The van der Waals surface area contributed by atoms with Crippen LogP contribution in [-0.2, 0) is 27.5 Å². The van der Waals surface area contributed by atoms with Gasteiger partial charge in [-0.05, 0) is 56.6 Å². The highest BCUT2D eigenvalue weighted by Gasteiger charge is 2.61. The SMILES string of the molecule is [2H]C([2H])([2H])OC(=O)N[C@@H]1CC[C@@H](n2c(=O)n(C([2H])([2H])[2H])c3cnc(Nc4ccc5c(C6(C#N)CC6)nn([C@@]6(C(N)=O)C[C@@H]6C)c5n4)cc32)C1. The molecule has 7 rings (SSSR count). The number of ether oxygens (including phenoxy) is 1. The molecule has 14 heteroatoms. The summed E-state index contributed by atoms with van der Waals surface area (Å²) in [5.41, 5.74) is 4.50. The van der Waals surface area contributed by atoms with Crippen molar-refractivity contribution in [3.8, 4) is 6.07 Å². The Morgan fingerprint density at radius 1 is 1.26 bits per heavy atom. The van der Waals surface area contributed by atoms with E-state index < -0.39 is 54.7 Å². The van der Waals surface area contributed by atoms with Gasteiger partial charge in [0.1, 0.15) is 22.6 Å². The number of nitrogens with two attached hydrogens (primary N) is 1. The number of primary amides is 1. The average molecular weight is 591 g/mol. The largest absolute Gasteiger partial charge is 0.453 e. The lowest BCUT2D eigenvalue weighted by atomic mass is 10.0. The maximum atomic E-state index is 13.6. The number of methoxy groups -OCH3 is 1. The van der Waals surface area contributed by atoms with E-state index in [0.717, 1.165) is 0 Å². The van der Waals surface area contributed by atoms with E-state index in [0.29, 0.717) is 59.2 Å². The minimum atomic E-state index is -2.92. The van der Waals surface area contributed by atoms with Gasteiger partial charge in [-0.25, -0.2) is 24.2 Å². The van der Waals surface area contributed by atoms with E-state index in [1.807, 2.05) is 6.92 Å². The number of hydrogen-bond donors (Lipinski definition) is 3. The second kappa shape index (κ2) is 9.29. The fourth-order valence-corrected chi connectivity index (χ4v) is 6.56. The topological polar surface area (TPSA) is 188 Å². The Morgan fingerprint density at radius 3 is 2.74 bits per heavy atom. The molecule has 222 valence electrons. The number of nitrogens with zero attached hydrogens (tertiary/aromatic N) is 7. The van der Waals surface area contributed by atoms with E-state index >= 15 is 0 Å². The van der Waals surface area contributed by atoms with Crippen LogP contribution in [0.2, 0.25) is 0 Å². The van der Waals surface area contributed by atoms with Gasteiger partial charge in [-0.15, -0.1) is 0 Å². The molecule has 14 nitrogen and oxygen atoms in total. The number of aryl methyl sites for hydroxylation is 1. The van der Waals surface area contributed by atoms with Crippen LogP contribution in [0.5, 0.6) is 0 Å². The van der Waals surface area contributed by atoms with E-state index in [2.05, 4.69) is 26.4 Å². The molecule has 0 radical (unpaired) electrons. The molecule has 0 unspecified atom stereocenters. The zero-order valence-electron chi connectivity index (χ0n) is 29.1. The van der Waals surface area contributed by atoms with Crippen molar-refractivity contribution in [3.63, 3.8) is 0 Å². The van der Waals surface area contributed by atoms with Crippen molar-refractivity contribution in [2.24, 2.45) is 18.6 Å². The molecule has 43 heavy (non-hydrogen) atoms. The van der Waals surface area contributed by atoms with Gasteiger partial charge in [0, 0.05) is 34.6 Å². The first-order valence-electron chi connectivity index (χ1n) is 17.0. The summed E-state index contributed by atoms with van der Waals surface area (Å²) in [6.45, 7) is -0.925. The Morgan fingerprint density at radius 2 is 2.07 bits per heavy atom. The molecule has 0 bridgehead atoms. The smallest absolute Gasteiger partial charge is 0.407 e. The first kappa shape index (κ1) is 20.9. The van der Waals surface area contributed by atoms with Crippen LogP contribution in [0.1, 0.15) is 65.4 Å². The number of pyridine rings is 2. The number of fused-ring (bicyclic) bond motifs is 2. The molecule has 0 saturated heterocycles. The fourth-order valence-electron chi connectivity index (χ4n) is 6.56. The Hall–Kier alpha value is -4.93. The second-order valence-electron chi connectivity index (χ2n) is 11.8. The zero-order chi connectivity index (χ0) is 35.3. The molecule has 3 aliphatic carbocycles. The Labute approximate surface area is 254 Å². The summed E-state index contributed by atoms with van der Waals surface area (Å²) in [7, 11) is -2.92. The molecule has 4 aromatic heterocycles. The van der Waals surface area contributed by atoms with E-state index in [4.69, 9.17) is 24.0 Å². The van der Waals surface area contributed by atoms with Crippen LogP contribution in [0, 0.1) is 17.2 Å². The normalized spacial score (nSPS) is 28.0. The molecular formula is C29H32N10O4. The van der Waals surface area contributed by atoms with Gasteiger partial charge in [-0.1, -0.05) is 6.92 Å². The predicted molar refractivity (Wildman–Crippen MR) is 155 cm³/mol. The van der Waals surface area contributed by atoms with E-state index in [9.17, 15) is 19.6 Å². The summed E-state index contributed by atoms with van der Waals surface area (Å²) in [6, 6.07) is 6.28. The lowest BCUT2D eigenvalue weighted by Gasteiger charge is -2.15. The van der Waals surface area contributed by atoms with Gasteiger partial charge in [-0.2, -0.15) is 10.4 Å². The van der Waals surface area contributed by atoms with Gasteiger partial charge in [0.2, 0.25) is 5.91 Å². The van der Waals surface area contributed by atoms with Crippen LogP contribution in [0.3, 0.4) is 0 Å². The Kier molecular flexibility index (Phi) is 4.51. The monoisotopic (exact) mass is 590 g/mol. The molecule has 0 aliphatic heterocycles. The maximum absolute atomic E-state index is 13.6. The number of nitrogens with one attached hydrogen (secondary N) is 2. The first-order chi connectivity index (χ1) is 23.0. The third kappa shape index (κ3) is 3.98. The van der Waals surface area contributed by atoms with Crippen molar-refractivity contribution in [1.29, 1.82) is 5.26 Å². The minimum absolute atomic E-state index is 0.0669. The Balaban J connectivity index is 1.25. The molecule has 4 heterocycles. The van der Waals surface area contributed by atoms with Gasteiger partial charge >= 0.3 is 11.8 Å². The number of rotatable bonds is 7. The van der Waals surface area contributed by atoms with Crippen LogP contribution < -0.4 is 22.1 Å². The number of amides is 2. The summed E-state index contributed by atoms with van der Waals surface area (Å²) in [5, 5.41) is 20.9. The molecule has 0 aromatic carbocycles. The number of carbonyl (C=O) groups is 2. The van der Waals surface area contributed by atoms with E-state index in [-0.39, 0.29) is 29.2 Å². The molecule has 4 aromatic rings. The average Bonchev–Trinajstić information content (AvgIpc) is 3.78. The van der Waals surface area contributed by atoms with E-state index in [1.54, 1.807) is 12.1 Å². The number of aromatic nitrogens is 6. The van der Waals surface area contributed by atoms with E-state index in [1.165, 1.54) is 21.5 Å². The summed E-state index contributed by atoms with van der Waals surface area (Å²) in [4.78, 5) is 47.5. The number of carbonyl (C=O) groups excluding carboxylic acids is 2. The Bertz CT molecular complexity index is 2140. The number of alkyl carbamates (subject to hydrolysis) is 1. The zero-order valence-corrected chi connectivity index (χ0v) is 23.1. The second-order valence-corrected chi connectivity index (χ2v) is 11.8. The van der Waals surface area contributed by atoms with Crippen LogP contribution >= 0.6 is 0 Å². The summed E-state index contributed by atoms with van der Waals surface area (Å²) in [5.74, 6) is -0.0857. The fraction of sp³-hybridized carbons (Fsp3) is 0.483. The highest BCUT2D eigenvalue weighted by Crippen LogP contribution is 2.54. The van der Waals surface area contributed by atoms with Gasteiger partial charge in [0.15, 0.2) is 5.65 Å². The van der Waals surface area contributed by atoms with Crippen molar-refractivity contribution < 1.29 is 22.6 Å². The summed E-state index contributed by atoms with van der Waals surface area (Å²) in [6.07, 6.45) is 2.91. The van der Waals surface area contributed by atoms with Crippen LogP contribution in [-0.4, -0.2) is 54.0 Å². The highest BCUT2D eigenvalue weighted by molar-refractivity contribution is 5.90. The molecule has 2 amide bonds. The van der Waals surface area contributed by atoms with Gasteiger partial charge in [-0.3, -0.25) is 13.9 Å². The number of anilines is 2. The first-order valence-corrected chi connectivity index (χ1v) is 14.0. The predicted octanol–water partition coefficient (Wildman–Crippen LogP) is 2.45. The molecule has 4 N–H and O–H groups in total. The van der Waals surface area contributed by atoms with Crippen molar-refractivity contribution in [2.45, 2.75) is 68.5 Å². The third-order valence-corrected chi connectivity index (χ3v) is 9.23. The molecule has 4 atom stereocenters. The van der Waals surface area contributed by atoms with Crippen molar-refractivity contribution >= 4 is 45.7 Å². The maximum Gasteiger partial charge on any atom is 0.407 e. The molecule has 3 aliphatic rings.